The van der Waals surface area contributed by atoms with E-state index in [0.717, 1.165) is 12.0 Å². The molecule has 1 unspecified atom stereocenters. The van der Waals surface area contributed by atoms with Crippen LogP contribution >= 0.6 is 0 Å². The van der Waals surface area contributed by atoms with Gasteiger partial charge in [0.2, 0.25) is 11.8 Å². The molecule has 1 fully saturated rings. The molecule has 2 N–H and O–H groups in total. The van der Waals surface area contributed by atoms with Crippen molar-refractivity contribution in [3.63, 3.8) is 0 Å². The third kappa shape index (κ3) is 7.31. The van der Waals surface area contributed by atoms with Crippen molar-refractivity contribution in [3.8, 4) is 11.1 Å². The highest BCUT2D eigenvalue weighted by Crippen LogP contribution is 2.30. The van der Waals surface area contributed by atoms with Gasteiger partial charge in [-0.1, -0.05) is 18.2 Å². The number of hydrogen-bond donors (Lipinski definition) is 2. The summed E-state index contributed by atoms with van der Waals surface area (Å²) in [6.07, 6.45) is 0.508. The molecule has 1 atom stereocenters. The highest BCUT2D eigenvalue weighted by atomic mass is 19.1. The second-order valence-electron chi connectivity index (χ2n) is 11.2. The molecule has 0 radical (unpaired) electrons. The summed E-state index contributed by atoms with van der Waals surface area (Å²) >= 11 is 0. The van der Waals surface area contributed by atoms with E-state index in [-0.39, 0.29) is 17.6 Å². The van der Waals surface area contributed by atoms with Crippen LogP contribution < -0.4 is 15.5 Å². The number of hydrogen-bond acceptors (Lipinski definition) is 5. The van der Waals surface area contributed by atoms with Gasteiger partial charge in [-0.25, -0.2) is 9.18 Å². The van der Waals surface area contributed by atoms with Crippen LogP contribution in [0.4, 0.5) is 26.2 Å². The number of benzene rings is 3. The van der Waals surface area contributed by atoms with E-state index in [1.165, 1.54) is 17.0 Å². The third-order valence-corrected chi connectivity index (χ3v) is 6.86. The lowest BCUT2D eigenvalue weighted by Crippen LogP contribution is -2.46. The lowest BCUT2D eigenvalue weighted by molar-refractivity contribution is -0.135. The minimum atomic E-state index is -0.723. The highest BCUT2D eigenvalue weighted by Gasteiger charge is 2.31. The number of carbonyl (C=O) groups is 4. The fourth-order valence-corrected chi connectivity index (χ4v) is 4.64. The maximum atomic E-state index is 13.5. The van der Waals surface area contributed by atoms with Crippen LogP contribution in [0.2, 0.25) is 0 Å². The summed E-state index contributed by atoms with van der Waals surface area (Å²) in [6, 6.07) is 16.9. The molecule has 3 aromatic rings. The van der Waals surface area contributed by atoms with Crippen molar-refractivity contribution in [2.75, 3.05) is 29.1 Å². The monoisotopic (exact) mass is 574 g/mol. The third-order valence-electron chi connectivity index (χ3n) is 6.86. The Labute approximate surface area is 244 Å². The number of ether oxygens (including phenoxy) is 1. The van der Waals surface area contributed by atoms with Gasteiger partial charge in [0.15, 0.2) is 0 Å². The minimum absolute atomic E-state index is 0.0275. The molecule has 0 saturated carbocycles. The molecule has 220 valence electrons. The predicted molar refractivity (Wildman–Crippen MR) is 160 cm³/mol. The van der Waals surface area contributed by atoms with Crippen LogP contribution in [-0.4, -0.2) is 54.0 Å². The van der Waals surface area contributed by atoms with Gasteiger partial charge in [0.05, 0.1) is 11.4 Å². The lowest BCUT2D eigenvalue weighted by Gasteiger charge is -2.28. The topological polar surface area (TPSA) is 108 Å². The van der Waals surface area contributed by atoms with Crippen LogP contribution in [0.5, 0.6) is 0 Å². The molecule has 1 heterocycles. The smallest absolute Gasteiger partial charge is 0.412 e. The number of likely N-dealkylation sites (tertiary alicyclic amines) is 1. The van der Waals surface area contributed by atoms with E-state index < -0.39 is 23.6 Å². The van der Waals surface area contributed by atoms with E-state index in [9.17, 15) is 23.6 Å². The van der Waals surface area contributed by atoms with E-state index in [2.05, 4.69) is 10.6 Å². The van der Waals surface area contributed by atoms with Crippen molar-refractivity contribution in [2.45, 2.75) is 52.2 Å². The van der Waals surface area contributed by atoms with Gasteiger partial charge in [0.25, 0.3) is 5.91 Å². The summed E-state index contributed by atoms with van der Waals surface area (Å²) in [5.74, 6) is -1.07. The molecule has 4 amide bonds. The first-order chi connectivity index (χ1) is 19.8. The Morgan fingerprint density at radius 1 is 0.929 bits per heavy atom. The SMILES string of the molecule is CC(C(=O)N(C)c1ccc(C(=O)Nc2cc(-c3ccc(F)cc3)ccc2NC(=O)OC(C)(C)C)cc1)N1CCCC1=O. The molecular weight excluding hydrogens is 539 g/mol. The largest absolute Gasteiger partial charge is 0.444 e. The molecule has 1 aliphatic rings. The number of nitrogens with zero attached hydrogens (tertiary/aromatic N) is 2. The summed E-state index contributed by atoms with van der Waals surface area (Å²) in [7, 11) is 1.63. The Morgan fingerprint density at radius 2 is 1.57 bits per heavy atom. The van der Waals surface area contributed by atoms with E-state index in [1.807, 2.05) is 0 Å². The molecule has 3 aromatic carbocycles. The zero-order valence-corrected chi connectivity index (χ0v) is 24.4. The fraction of sp³-hybridized carbons (Fsp3) is 0.312. The van der Waals surface area contributed by atoms with Crippen molar-refractivity contribution in [2.24, 2.45) is 0 Å². The zero-order chi connectivity index (χ0) is 30.6. The van der Waals surface area contributed by atoms with E-state index in [4.69, 9.17) is 4.74 Å². The average Bonchev–Trinajstić information content (AvgIpc) is 3.38. The fourth-order valence-electron chi connectivity index (χ4n) is 4.64. The molecule has 10 heteroatoms. The van der Waals surface area contributed by atoms with E-state index in [0.29, 0.717) is 41.2 Å². The van der Waals surface area contributed by atoms with Crippen LogP contribution in [-0.2, 0) is 14.3 Å². The van der Waals surface area contributed by atoms with Crippen LogP contribution in [0.15, 0.2) is 66.7 Å². The van der Waals surface area contributed by atoms with Gasteiger partial charge in [-0.2, -0.15) is 0 Å². The number of amides is 4. The van der Waals surface area contributed by atoms with E-state index in [1.54, 1.807) is 94.2 Å². The molecule has 42 heavy (non-hydrogen) atoms. The number of anilines is 3. The second kappa shape index (κ2) is 12.4. The quantitative estimate of drug-likeness (QED) is 0.356. The van der Waals surface area contributed by atoms with Gasteiger partial charge in [0.1, 0.15) is 17.5 Å². The average molecular weight is 575 g/mol. The van der Waals surface area contributed by atoms with Crippen molar-refractivity contribution in [3.05, 3.63) is 78.1 Å². The molecule has 1 saturated heterocycles. The van der Waals surface area contributed by atoms with Crippen LogP contribution in [0.25, 0.3) is 11.1 Å². The number of halogens is 1. The maximum absolute atomic E-state index is 13.5. The Balaban J connectivity index is 1.53. The van der Waals surface area contributed by atoms with Gasteiger partial charge in [-0.05, 0) is 93.8 Å². The van der Waals surface area contributed by atoms with Gasteiger partial charge in [-0.15, -0.1) is 0 Å². The standard InChI is InChI=1S/C32H35FN4O5/c1-20(37-18-6-7-28(37)38)30(40)36(5)25-15-10-22(11-16-25)29(39)34-27-19-23(21-8-13-24(33)14-9-21)12-17-26(27)35-31(41)42-32(2,3)4/h8-17,19-20H,6-7,18H2,1-5H3,(H,34,39)(H,35,41). The second-order valence-corrected chi connectivity index (χ2v) is 11.2. The number of likely N-dealkylation sites (N-methyl/N-ethyl adjacent to an activating group) is 1. The number of carbonyl (C=O) groups excluding carboxylic acids is 4. The van der Waals surface area contributed by atoms with Crippen molar-refractivity contribution < 1.29 is 28.3 Å². The normalized spacial score (nSPS) is 13.9. The van der Waals surface area contributed by atoms with Crippen LogP contribution in [0.1, 0.15) is 50.9 Å². The summed E-state index contributed by atoms with van der Waals surface area (Å²) in [5, 5.41) is 5.52. The Bertz CT molecular complexity index is 1480. The van der Waals surface area contributed by atoms with Crippen LogP contribution in [0, 0.1) is 5.82 Å². The Kier molecular flexibility index (Phi) is 8.94. The lowest BCUT2D eigenvalue weighted by atomic mass is 10.0. The number of nitrogens with one attached hydrogen (secondary N) is 2. The van der Waals surface area contributed by atoms with Crippen molar-refractivity contribution >= 4 is 40.9 Å². The summed E-state index contributed by atoms with van der Waals surface area (Å²) in [5.41, 5.74) is 2.21. The minimum Gasteiger partial charge on any atom is -0.444 e. The van der Waals surface area contributed by atoms with Gasteiger partial charge in [0, 0.05) is 31.3 Å². The van der Waals surface area contributed by atoms with Gasteiger partial charge >= 0.3 is 6.09 Å². The molecule has 0 bridgehead atoms. The Morgan fingerprint density at radius 3 is 2.17 bits per heavy atom. The van der Waals surface area contributed by atoms with Gasteiger partial charge < -0.3 is 19.9 Å². The summed E-state index contributed by atoms with van der Waals surface area (Å²) in [6.45, 7) is 7.51. The van der Waals surface area contributed by atoms with Crippen molar-refractivity contribution in [1.82, 2.24) is 4.90 Å². The van der Waals surface area contributed by atoms with Crippen LogP contribution in [0.3, 0.4) is 0 Å². The Hall–Kier alpha value is -4.73. The van der Waals surface area contributed by atoms with Gasteiger partial charge in [-0.3, -0.25) is 19.7 Å². The predicted octanol–water partition coefficient (Wildman–Crippen LogP) is 6.07. The first-order valence-corrected chi connectivity index (χ1v) is 13.7. The maximum Gasteiger partial charge on any atom is 0.412 e. The molecule has 4 rings (SSSR count). The molecule has 0 aromatic heterocycles. The molecular formula is C32H35FN4O5. The molecule has 1 aliphatic heterocycles. The summed E-state index contributed by atoms with van der Waals surface area (Å²) < 4.78 is 18.8. The summed E-state index contributed by atoms with van der Waals surface area (Å²) in [4.78, 5) is 53.9. The zero-order valence-electron chi connectivity index (χ0n) is 24.4. The first kappa shape index (κ1) is 30.2. The highest BCUT2D eigenvalue weighted by molar-refractivity contribution is 6.08. The number of rotatable bonds is 7. The molecule has 0 spiro atoms. The first-order valence-electron chi connectivity index (χ1n) is 13.7. The van der Waals surface area contributed by atoms with E-state index >= 15 is 0 Å². The molecule has 9 nitrogen and oxygen atoms in total. The molecule has 0 aliphatic carbocycles. The van der Waals surface area contributed by atoms with Crippen molar-refractivity contribution in [1.29, 1.82) is 0 Å².